The van der Waals surface area contributed by atoms with E-state index in [1.54, 1.807) is 0 Å². The number of unbranched alkanes of at least 4 members (excludes halogenated alkanes) is 12. The van der Waals surface area contributed by atoms with Crippen molar-refractivity contribution >= 4 is 33.4 Å². The number of rotatable bonds is 32. The van der Waals surface area contributed by atoms with Crippen molar-refractivity contribution in [3.63, 3.8) is 0 Å². The Labute approximate surface area is 342 Å². The van der Waals surface area contributed by atoms with Gasteiger partial charge in [-0.25, -0.2) is 13.9 Å². The van der Waals surface area contributed by atoms with Crippen molar-refractivity contribution in [1.82, 2.24) is 9.55 Å². The first-order chi connectivity index (χ1) is 27.4. The molecule has 0 spiro atoms. The van der Waals surface area contributed by atoms with E-state index in [1.165, 1.54) is 44.6 Å². The Morgan fingerprint density at radius 3 is 1.81 bits per heavy atom. The number of nitrogens with zero attached hydrogens (tertiary/aromatic N) is 2. The average molecular weight is 870 g/mol. The Bertz CT molecular complexity index is 1500. The summed E-state index contributed by atoms with van der Waals surface area (Å²) in [6, 6.07) is 1.24. The maximum absolute atomic E-state index is 12.7. The van der Waals surface area contributed by atoms with Crippen LogP contribution in [-0.4, -0.2) is 85.7 Å². The van der Waals surface area contributed by atoms with Gasteiger partial charge in [0.2, 0.25) is 0 Å². The zero-order valence-corrected chi connectivity index (χ0v) is 36.5. The largest absolute Gasteiger partial charge is 0.481 e. The van der Waals surface area contributed by atoms with E-state index in [4.69, 9.17) is 29.0 Å². The lowest BCUT2D eigenvalue weighted by molar-refractivity contribution is -0.161. The van der Waals surface area contributed by atoms with Gasteiger partial charge in [0.25, 0.3) is 0 Å². The van der Waals surface area contributed by atoms with Crippen LogP contribution in [0.1, 0.15) is 149 Å². The van der Waals surface area contributed by atoms with Gasteiger partial charge in [-0.05, 0) is 30.7 Å². The highest BCUT2D eigenvalue weighted by molar-refractivity contribution is 7.61. The van der Waals surface area contributed by atoms with Crippen molar-refractivity contribution in [3.8, 4) is 0 Å². The zero-order chi connectivity index (χ0) is 43.1. The van der Waals surface area contributed by atoms with Gasteiger partial charge in [0.05, 0.1) is 13.2 Å². The van der Waals surface area contributed by atoms with Crippen LogP contribution in [0.25, 0.3) is 0 Å². The molecule has 18 nitrogen and oxygen atoms in total. The number of aromatic nitrogens is 2. The molecular weight excluding hydrogens is 800 g/mol. The number of nitrogen functional groups attached to an aromatic ring is 1. The molecule has 1 aliphatic heterocycles. The molecule has 336 valence electrons. The lowest BCUT2D eigenvalue weighted by Crippen LogP contribution is -2.36. The van der Waals surface area contributed by atoms with E-state index in [-0.39, 0.29) is 18.7 Å². The summed E-state index contributed by atoms with van der Waals surface area (Å²) in [5.41, 5.74) is 4.57. The maximum Gasteiger partial charge on any atom is 0.481 e. The molecule has 1 aromatic rings. The normalized spacial score (nSPS) is 20.9. The zero-order valence-electron chi connectivity index (χ0n) is 34.7. The fraction of sp³-hybridized carbons (Fsp3) is 0.842. The molecule has 1 aromatic heterocycles. The van der Waals surface area contributed by atoms with Crippen LogP contribution in [0, 0.1) is 11.8 Å². The van der Waals surface area contributed by atoms with Crippen LogP contribution in [0.2, 0.25) is 0 Å². The lowest BCUT2D eigenvalue weighted by atomic mass is 10.0. The molecule has 58 heavy (non-hydrogen) atoms. The van der Waals surface area contributed by atoms with Crippen molar-refractivity contribution in [1.29, 1.82) is 0 Å². The van der Waals surface area contributed by atoms with Gasteiger partial charge < -0.3 is 39.9 Å². The number of esters is 2. The minimum absolute atomic E-state index is 0.0519. The standard InChI is InChI=1S/C38H69N3O15P2/c1-28(2)19-15-11-7-5-9-13-17-21-33(42)51-25-30(54-34(43)22-18-14-10-6-8-12-16-20-29(3)4)26-52-57(47,48)56-58(49,50)53-27-31-35(44)36(45)37(55-31)41-24-23-32(39)40-38(41)46/h23-24,28-31,35-37,44-45H,5-22,25-27H2,1-4H3,(H,47,48)(H,49,50)(H2,39,40,46)/t30-,31-,35+,36?,37-/m1/s1. The van der Waals surface area contributed by atoms with Gasteiger partial charge in [0.15, 0.2) is 12.3 Å². The molecule has 0 saturated carbocycles. The first kappa shape index (κ1) is 51.9. The van der Waals surface area contributed by atoms with Gasteiger partial charge in [0, 0.05) is 19.0 Å². The summed E-state index contributed by atoms with van der Waals surface area (Å²) in [5.74, 6) is 0.0932. The molecule has 1 aliphatic rings. The van der Waals surface area contributed by atoms with Gasteiger partial charge in [-0.15, -0.1) is 0 Å². The summed E-state index contributed by atoms with van der Waals surface area (Å²) in [4.78, 5) is 61.4. The highest BCUT2D eigenvalue weighted by atomic mass is 31.3. The van der Waals surface area contributed by atoms with Crippen LogP contribution in [0.15, 0.2) is 17.1 Å². The predicted molar refractivity (Wildman–Crippen MR) is 215 cm³/mol. The van der Waals surface area contributed by atoms with Crippen LogP contribution in [0.4, 0.5) is 5.82 Å². The number of hydrogen-bond donors (Lipinski definition) is 5. The van der Waals surface area contributed by atoms with Gasteiger partial charge >= 0.3 is 33.3 Å². The third-order valence-electron chi connectivity index (χ3n) is 9.55. The number of phosphoric acid groups is 2. The van der Waals surface area contributed by atoms with E-state index < -0.39 is 83.7 Å². The highest BCUT2D eigenvalue weighted by Gasteiger charge is 2.46. The van der Waals surface area contributed by atoms with Crippen LogP contribution in [0.3, 0.4) is 0 Å². The number of hydrogen-bond acceptors (Lipinski definition) is 15. The van der Waals surface area contributed by atoms with Gasteiger partial charge in [-0.1, -0.05) is 118 Å². The number of aliphatic hydroxyl groups excluding tert-OH is 2. The Morgan fingerprint density at radius 2 is 1.28 bits per heavy atom. The van der Waals surface area contributed by atoms with Crippen molar-refractivity contribution in [3.05, 3.63) is 22.7 Å². The predicted octanol–water partition coefficient (Wildman–Crippen LogP) is 6.48. The molecule has 20 heteroatoms. The maximum atomic E-state index is 12.7. The second-order valence-corrected chi connectivity index (χ2v) is 18.9. The molecule has 2 rings (SSSR count). The van der Waals surface area contributed by atoms with Crippen molar-refractivity contribution in [2.24, 2.45) is 11.8 Å². The van der Waals surface area contributed by atoms with Crippen LogP contribution in [0.5, 0.6) is 0 Å². The first-order valence-electron chi connectivity index (χ1n) is 20.8. The smallest absolute Gasteiger partial charge is 0.462 e. The molecule has 1 fully saturated rings. The molecule has 7 atom stereocenters. The minimum atomic E-state index is -5.41. The van der Waals surface area contributed by atoms with E-state index in [1.807, 2.05) is 0 Å². The molecule has 0 amide bonds. The van der Waals surface area contributed by atoms with E-state index in [0.717, 1.165) is 62.1 Å². The number of aliphatic hydroxyl groups is 2. The molecule has 0 aliphatic carbocycles. The number of carbonyl (C=O) groups excluding carboxylic acids is 2. The second-order valence-electron chi connectivity index (χ2n) is 15.8. The summed E-state index contributed by atoms with van der Waals surface area (Å²) in [6.45, 7) is 6.55. The lowest BCUT2D eigenvalue weighted by Gasteiger charge is -2.21. The second kappa shape index (κ2) is 27.6. The summed E-state index contributed by atoms with van der Waals surface area (Å²) >= 11 is 0. The average Bonchev–Trinajstić information content (AvgIpc) is 3.41. The molecule has 0 radical (unpaired) electrons. The number of carbonyl (C=O) groups is 2. The Balaban J connectivity index is 1.87. The van der Waals surface area contributed by atoms with Crippen molar-refractivity contribution < 1.29 is 66.3 Å². The molecule has 0 bridgehead atoms. The molecule has 6 N–H and O–H groups in total. The molecule has 3 unspecified atom stereocenters. The van der Waals surface area contributed by atoms with Gasteiger partial charge in [-0.3, -0.25) is 23.2 Å². The first-order valence-corrected chi connectivity index (χ1v) is 23.8. The van der Waals surface area contributed by atoms with Crippen molar-refractivity contribution in [2.75, 3.05) is 25.6 Å². The van der Waals surface area contributed by atoms with Crippen LogP contribution in [-0.2, 0) is 46.3 Å². The monoisotopic (exact) mass is 869 g/mol. The van der Waals surface area contributed by atoms with Crippen LogP contribution >= 0.6 is 15.6 Å². The number of nitrogens with two attached hydrogens (primary N) is 1. The van der Waals surface area contributed by atoms with Gasteiger partial charge in [-0.2, -0.15) is 9.29 Å². The van der Waals surface area contributed by atoms with Crippen molar-refractivity contribution in [2.45, 2.75) is 174 Å². The molecule has 2 heterocycles. The Hall–Kier alpha value is -2.24. The fourth-order valence-electron chi connectivity index (χ4n) is 6.27. The van der Waals surface area contributed by atoms with E-state index in [0.29, 0.717) is 24.7 Å². The van der Waals surface area contributed by atoms with E-state index in [2.05, 4.69) is 37.0 Å². The van der Waals surface area contributed by atoms with Crippen LogP contribution < -0.4 is 11.4 Å². The SMILES string of the molecule is CC(C)CCCCCCCCCC(=O)OC[C@H](COP(=O)(O)OP(=O)(O)OC[C@H]1O[C@@H](n2ccc(N)nc2=O)C(O)[C@H]1O)OC(=O)CCCCCCCCCC(C)C. The van der Waals surface area contributed by atoms with E-state index >= 15 is 0 Å². The number of anilines is 1. The Kier molecular flexibility index (Phi) is 24.7. The summed E-state index contributed by atoms with van der Waals surface area (Å²) in [5, 5.41) is 20.8. The number of phosphoric ester groups is 2. The Morgan fingerprint density at radius 1 is 0.776 bits per heavy atom. The summed E-state index contributed by atoms with van der Waals surface area (Å²) in [7, 11) is -10.8. The molecule has 0 aromatic carbocycles. The summed E-state index contributed by atoms with van der Waals surface area (Å²) < 4.78 is 56.3. The minimum Gasteiger partial charge on any atom is -0.462 e. The van der Waals surface area contributed by atoms with E-state index in [9.17, 15) is 43.5 Å². The molecule has 1 saturated heterocycles. The number of ether oxygens (including phenoxy) is 3. The highest BCUT2D eigenvalue weighted by Crippen LogP contribution is 2.60. The third kappa shape index (κ3) is 22.4. The van der Waals surface area contributed by atoms with Gasteiger partial charge in [0.1, 0.15) is 30.7 Å². The topological polar surface area (TPSA) is 265 Å². The fourth-order valence-corrected chi connectivity index (χ4v) is 8.38. The quantitative estimate of drug-likeness (QED) is 0.0294. The molecular formula is C38H69N3O15P2. The third-order valence-corrected chi connectivity index (χ3v) is 12.1. The summed E-state index contributed by atoms with van der Waals surface area (Å²) in [6.07, 6.45) is 9.97.